The number of hydrogen-bond donors (Lipinski definition) is 0. The predicted octanol–water partition coefficient (Wildman–Crippen LogP) is 5.62. The number of para-hydroxylation sites is 1. The molecular formula is C23H33N2+. The number of benzene rings is 1. The number of hydrogen-bond acceptors (Lipinski definition) is 0. The first-order chi connectivity index (χ1) is 12.2. The second-order valence-electron chi connectivity index (χ2n) is 8.33. The summed E-state index contributed by atoms with van der Waals surface area (Å²) in [5.41, 5.74) is 5.88. The van der Waals surface area contributed by atoms with Crippen molar-refractivity contribution in [2.75, 3.05) is 0 Å². The Kier molecular flexibility index (Phi) is 4.71. The molecule has 0 aliphatic heterocycles. The number of rotatable bonds is 3. The fraction of sp³-hybridized carbons (Fsp3) is 0.609. The predicted molar refractivity (Wildman–Crippen MR) is 103 cm³/mol. The lowest BCUT2D eigenvalue weighted by Crippen LogP contribution is -2.39. The van der Waals surface area contributed by atoms with Gasteiger partial charge < -0.3 is 0 Å². The molecule has 1 aromatic carbocycles. The van der Waals surface area contributed by atoms with E-state index in [9.17, 15) is 0 Å². The lowest BCUT2D eigenvalue weighted by Gasteiger charge is -2.20. The summed E-state index contributed by atoms with van der Waals surface area (Å²) in [4.78, 5) is 0. The molecule has 4 rings (SSSR count). The molecule has 134 valence electrons. The van der Waals surface area contributed by atoms with Crippen LogP contribution >= 0.6 is 0 Å². The van der Waals surface area contributed by atoms with Gasteiger partial charge in [0.25, 0.3) is 5.82 Å². The van der Waals surface area contributed by atoms with Gasteiger partial charge in [0, 0.05) is 12.8 Å². The Labute approximate surface area is 152 Å². The van der Waals surface area contributed by atoms with Gasteiger partial charge in [-0.15, -0.1) is 0 Å². The minimum absolute atomic E-state index is 0.723. The molecule has 2 aliphatic rings. The molecule has 2 heteroatoms. The van der Waals surface area contributed by atoms with Gasteiger partial charge in [0.05, 0.1) is 13.0 Å². The molecule has 1 aromatic heterocycles. The first-order valence-corrected chi connectivity index (χ1v) is 10.4. The third-order valence-electron chi connectivity index (χ3n) is 6.71. The van der Waals surface area contributed by atoms with Crippen LogP contribution in [0, 0.1) is 13.8 Å². The molecular weight excluding hydrogens is 304 g/mol. The highest BCUT2D eigenvalue weighted by atomic mass is 15.2. The van der Waals surface area contributed by atoms with Crippen molar-refractivity contribution in [1.29, 1.82) is 0 Å². The van der Waals surface area contributed by atoms with Gasteiger partial charge in [-0.25, -0.2) is 4.57 Å². The van der Waals surface area contributed by atoms with Gasteiger partial charge in [-0.1, -0.05) is 50.3 Å². The van der Waals surface area contributed by atoms with Gasteiger partial charge in [0.2, 0.25) is 0 Å². The average molecular weight is 338 g/mol. The summed E-state index contributed by atoms with van der Waals surface area (Å²) in [7, 11) is 2.35. The molecule has 0 N–H and O–H groups in total. The molecule has 0 amide bonds. The van der Waals surface area contributed by atoms with Crippen LogP contribution in [0.1, 0.15) is 92.4 Å². The van der Waals surface area contributed by atoms with Crippen molar-refractivity contribution in [3.63, 3.8) is 0 Å². The van der Waals surface area contributed by atoms with E-state index in [-0.39, 0.29) is 0 Å². The highest BCUT2D eigenvalue weighted by Gasteiger charge is 2.37. The lowest BCUT2D eigenvalue weighted by molar-refractivity contribution is -0.688. The van der Waals surface area contributed by atoms with Crippen molar-refractivity contribution in [3.05, 3.63) is 47.0 Å². The van der Waals surface area contributed by atoms with Gasteiger partial charge in [-0.3, -0.25) is 0 Å². The van der Waals surface area contributed by atoms with E-state index in [0.717, 1.165) is 11.8 Å². The van der Waals surface area contributed by atoms with Gasteiger partial charge >= 0.3 is 0 Å². The first kappa shape index (κ1) is 16.9. The highest BCUT2D eigenvalue weighted by molar-refractivity contribution is 5.43. The molecule has 2 aliphatic carbocycles. The zero-order chi connectivity index (χ0) is 17.4. The number of aryl methyl sites for hydroxylation is 1. The molecule has 0 unspecified atom stereocenters. The molecule has 2 fully saturated rings. The Morgan fingerprint density at radius 1 is 0.840 bits per heavy atom. The fourth-order valence-corrected chi connectivity index (χ4v) is 5.51. The topological polar surface area (TPSA) is 8.81 Å². The summed E-state index contributed by atoms with van der Waals surface area (Å²) in [5, 5.41) is 0. The molecule has 0 bridgehead atoms. The van der Waals surface area contributed by atoms with Crippen LogP contribution < -0.4 is 4.57 Å². The van der Waals surface area contributed by atoms with Crippen molar-refractivity contribution in [2.24, 2.45) is 7.05 Å². The molecule has 1 heterocycles. The molecule has 0 saturated heterocycles. The van der Waals surface area contributed by atoms with Crippen molar-refractivity contribution >= 4 is 0 Å². The summed E-state index contributed by atoms with van der Waals surface area (Å²) in [6, 6.07) is 8.92. The Balaban J connectivity index is 1.90. The van der Waals surface area contributed by atoms with E-state index in [1.807, 2.05) is 0 Å². The Bertz CT molecular complexity index is 744. The minimum atomic E-state index is 0.723. The smallest absolute Gasteiger partial charge is 0.233 e. The van der Waals surface area contributed by atoms with Gasteiger partial charge in [-0.05, 0) is 44.2 Å². The molecule has 25 heavy (non-hydrogen) atoms. The zero-order valence-electron chi connectivity index (χ0n) is 16.2. The van der Waals surface area contributed by atoms with Crippen LogP contribution in [-0.4, -0.2) is 4.57 Å². The highest BCUT2D eigenvalue weighted by Crippen LogP contribution is 2.39. The summed E-state index contributed by atoms with van der Waals surface area (Å²) < 4.78 is 5.23. The van der Waals surface area contributed by atoms with Crippen LogP contribution in [0.2, 0.25) is 0 Å². The SMILES string of the molecule is Cc1ccccc1-n1c(C)c(C2CCCCC2)[n+](C)c1C1CCCC1. The molecule has 0 radical (unpaired) electrons. The monoisotopic (exact) mass is 337 g/mol. The van der Waals surface area contributed by atoms with Crippen LogP contribution in [0.5, 0.6) is 0 Å². The molecule has 0 spiro atoms. The number of imidazole rings is 1. The Morgan fingerprint density at radius 3 is 2.12 bits per heavy atom. The Hall–Kier alpha value is -1.57. The maximum atomic E-state index is 2.62. The molecule has 2 aromatic rings. The lowest BCUT2D eigenvalue weighted by atomic mass is 9.86. The molecule has 2 saturated carbocycles. The second-order valence-corrected chi connectivity index (χ2v) is 8.33. The quantitative estimate of drug-likeness (QED) is 0.642. The van der Waals surface area contributed by atoms with E-state index in [2.05, 4.69) is 54.3 Å². The van der Waals surface area contributed by atoms with Crippen LogP contribution in [-0.2, 0) is 7.05 Å². The third-order valence-corrected chi connectivity index (χ3v) is 6.71. The standard InChI is InChI=1S/C23H33N2/c1-17-11-7-10-16-21(17)25-18(2)22(19-12-5-4-6-13-19)24(3)23(25)20-14-8-9-15-20/h7,10-11,16,19-20H,4-6,8-9,12-15H2,1-3H3/q+1. The maximum absolute atomic E-state index is 2.62. The van der Waals surface area contributed by atoms with Crippen LogP contribution in [0.4, 0.5) is 0 Å². The van der Waals surface area contributed by atoms with Crippen molar-refractivity contribution < 1.29 is 4.57 Å². The van der Waals surface area contributed by atoms with Crippen LogP contribution in [0.15, 0.2) is 24.3 Å². The van der Waals surface area contributed by atoms with E-state index in [0.29, 0.717) is 0 Å². The van der Waals surface area contributed by atoms with E-state index in [4.69, 9.17) is 0 Å². The second kappa shape index (κ2) is 6.97. The summed E-state index contributed by atoms with van der Waals surface area (Å²) in [6.07, 6.45) is 12.5. The van der Waals surface area contributed by atoms with Crippen LogP contribution in [0.25, 0.3) is 5.69 Å². The summed E-state index contributed by atoms with van der Waals surface area (Å²) in [6.45, 7) is 4.63. The van der Waals surface area contributed by atoms with Crippen LogP contribution in [0.3, 0.4) is 0 Å². The third kappa shape index (κ3) is 2.94. The first-order valence-electron chi connectivity index (χ1n) is 10.4. The maximum Gasteiger partial charge on any atom is 0.265 e. The van der Waals surface area contributed by atoms with Crippen molar-refractivity contribution in [1.82, 2.24) is 4.57 Å². The normalized spacial score (nSPS) is 19.6. The van der Waals surface area contributed by atoms with Gasteiger partial charge in [0.15, 0.2) is 0 Å². The Morgan fingerprint density at radius 2 is 1.44 bits per heavy atom. The van der Waals surface area contributed by atoms with E-state index in [1.54, 1.807) is 11.5 Å². The number of nitrogens with zero attached hydrogens (tertiary/aromatic N) is 2. The van der Waals surface area contributed by atoms with Gasteiger partial charge in [-0.2, -0.15) is 4.57 Å². The molecule has 0 atom stereocenters. The van der Waals surface area contributed by atoms with E-state index < -0.39 is 0 Å². The average Bonchev–Trinajstić information content (AvgIpc) is 3.23. The summed E-state index contributed by atoms with van der Waals surface area (Å²) in [5.74, 6) is 3.04. The van der Waals surface area contributed by atoms with Gasteiger partial charge in [0.1, 0.15) is 17.1 Å². The van der Waals surface area contributed by atoms with E-state index >= 15 is 0 Å². The fourth-order valence-electron chi connectivity index (χ4n) is 5.51. The van der Waals surface area contributed by atoms with Crippen molar-refractivity contribution in [3.8, 4) is 5.69 Å². The summed E-state index contributed by atoms with van der Waals surface area (Å²) >= 11 is 0. The van der Waals surface area contributed by atoms with E-state index in [1.165, 1.54) is 74.7 Å². The minimum Gasteiger partial charge on any atom is -0.233 e. The number of aromatic nitrogens is 2. The molecule has 2 nitrogen and oxygen atoms in total. The largest absolute Gasteiger partial charge is 0.265 e. The van der Waals surface area contributed by atoms with Crippen molar-refractivity contribution in [2.45, 2.75) is 83.5 Å². The zero-order valence-corrected chi connectivity index (χ0v) is 16.2.